The van der Waals surface area contributed by atoms with Crippen LogP contribution in [0.5, 0.6) is 0 Å². The molecule has 0 heterocycles. The van der Waals surface area contributed by atoms with E-state index >= 15 is 0 Å². The van der Waals surface area contributed by atoms with Crippen LogP contribution in [0.15, 0.2) is 0 Å². The third-order valence-electron chi connectivity index (χ3n) is 3.94. The highest BCUT2D eigenvalue weighted by Gasteiger charge is 2.36. The molecule has 2 heteroatoms. The second-order valence-corrected chi connectivity index (χ2v) is 5.52. The molecular weight excluding hydrogens is 186 g/mol. The van der Waals surface area contributed by atoms with Gasteiger partial charge in [0, 0.05) is 12.6 Å². The summed E-state index contributed by atoms with van der Waals surface area (Å²) in [6.45, 7) is 2.65. The number of hydrogen-bond donors (Lipinski definition) is 2. The van der Waals surface area contributed by atoms with Gasteiger partial charge in [0.1, 0.15) is 0 Å². The third-order valence-corrected chi connectivity index (χ3v) is 3.94. The minimum absolute atomic E-state index is 0.199. The van der Waals surface area contributed by atoms with Gasteiger partial charge in [0.25, 0.3) is 0 Å². The summed E-state index contributed by atoms with van der Waals surface area (Å²) in [7, 11) is 0. The fourth-order valence-corrected chi connectivity index (χ4v) is 2.97. The Kier molecular flexibility index (Phi) is 4.04. The van der Waals surface area contributed by atoms with Crippen LogP contribution in [-0.4, -0.2) is 23.8 Å². The van der Waals surface area contributed by atoms with Gasteiger partial charge in [-0.25, -0.2) is 0 Å². The van der Waals surface area contributed by atoms with Gasteiger partial charge in [0.15, 0.2) is 0 Å². The Morgan fingerprint density at radius 1 is 1.07 bits per heavy atom. The Hall–Kier alpha value is -0.0800. The van der Waals surface area contributed by atoms with E-state index in [4.69, 9.17) is 0 Å². The van der Waals surface area contributed by atoms with Crippen LogP contribution in [0, 0.1) is 11.8 Å². The van der Waals surface area contributed by atoms with Crippen molar-refractivity contribution >= 4 is 0 Å². The molecule has 0 amide bonds. The average molecular weight is 211 g/mol. The van der Waals surface area contributed by atoms with Gasteiger partial charge in [-0.3, -0.25) is 0 Å². The lowest BCUT2D eigenvalue weighted by molar-refractivity contribution is 0.167. The van der Waals surface area contributed by atoms with Gasteiger partial charge in [0.2, 0.25) is 0 Å². The average Bonchev–Trinajstić information content (AvgIpc) is 3.03. The quantitative estimate of drug-likeness (QED) is 0.731. The van der Waals surface area contributed by atoms with Crippen LogP contribution in [0.1, 0.15) is 51.9 Å². The minimum Gasteiger partial charge on any atom is -0.392 e. The van der Waals surface area contributed by atoms with Gasteiger partial charge < -0.3 is 10.4 Å². The van der Waals surface area contributed by atoms with E-state index in [0.29, 0.717) is 6.04 Å². The first-order valence-corrected chi connectivity index (χ1v) is 6.69. The lowest BCUT2D eigenvalue weighted by Gasteiger charge is -2.31. The van der Waals surface area contributed by atoms with Crippen LogP contribution in [0.25, 0.3) is 0 Å². The van der Waals surface area contributed by atoms with Crippen molar-refractivity contribution in [1.29, 1.82) is 0 Å². The molecule has 0 aromatic rings. The standard InChI is InChI=1S/C13H25NO/c1-10(15)9-14-13(12-7-8-12)11-5-3-2-4-6-11/h10-15H,2-9H2,1H3/t10-,13?/m0/s1. The second-order valence-electron chi connectivity index (χ2n) is 5.52. The Morgan fingerprint density at radius 3 is 2.20 bits per heavy atom. The fourth-order valence-electron chi connectivity index (χ4n) is 2.97. The SMILES string of the molecule is C[C@H](O)CNC(C1CCCCC1)C1CC1. The molecule has 0 aromatic heterocycles. The summed E-state index contributed by atoms with van der Waals surface area (Å²) in [5.41, 5.74) is 0. The highest BCUT2D eigenvalue weighted by Crippen LogP contribution is 2.40. The van der Waals surface area contributed by atoms with Gasteiger partial charge in [-0.2, -0.15) is 0 Å². The van der Waals surface area contributed by atoms with Crippen molar-refractivity contribution in [1.82, 2.24) is 5.32 Å². The minimum atomic E-state index is -0.199. The zero-order valence-electron chi connectivity index (χ0n) is 9.91. The van der Waals surface area contributed by atoms with E-state index in [1.165, 1.54) is 44.9 Å². The fraction of sp³-hybridized carbons (Fsp3) is 1.00. The maximum absolute atomic E-state index is 9.34. The van der Waals surface area contributed by atoms with Crippen molar-refractivity contribution in [2.24, 2.45) is 11.8 Å². The van der Waals surface area contributed by atoms with E-state index in [9.17, 15) is 5.11 Å². The van der Waals surface area contributed by atoms with E-state index in [0.717, 1.165) is 18.4 Å². The van der Waals surface area contributed by atoms with E-state index in [-0.39, 0.29) is 6.10 Å². The van der Waals surface area contributed by atoms with Gasteiger partial charge >= 0.3 is 0 Å². The highest BCUT2D eigenvalue weighted by molar-refractivity contribution is 4.92. The van der Waals surface area contributed by atoms with Crippen molar-refractivity contribution in [3.63, 3.8) is 0 Å². The molecule has 0 radical (unpaired) electrons. The molecule has 2 nitrogen and oxygen atoms in total. The molecule has 2 saturated carbocycles. The topological polar surface area (TPSA) is 32.3 Å². The van der Waals surface area contributed by atoms with Crippen molar-refractivity contribution in [2.75, 3.05) is 6.54 Å². The third kappa shape index (κ3) is 3.46. The molecule has 0 bridgehead atoms. The zero-order valence-corrected chi connectivity index (χ0v) is 9.91. The molecule has 2 rings (SSSR count). The van der Waals surface area contributed by atoms with Crippen molar-refractivity contribution < 1.29 is 5.11 Å². The summed E-state index contributed by atoms with van der Waals surface area (Å²) in [5.74, 6) is 1.82. The van der Waals surface area contributed by atoms with Crippen molar-refractivity contribution in [2.45, 2.75) is 64.0 Å². The normalized spacial score (nSPS) is 27.6. The number of nitrogens with one attached hydrogen (secondary N) is 1. The molecule has 2 aliphatic rings. The molecule has 0 spiro atoms. The van der Waals surface area contributed by atoms with Crippen LogP contribution in [-0.2, 0) is 0 Å². The summed E-state index contributed by atoms with van der Waals surface area (Å²) < 4.78 is 0. The predicted molar refractivity (Wildman–Crippen MR) is 62.8 cm³/mol. The molecule has 0 aromatic carbocycles. The number of aliphatic hydroxyl groups excluding tert-OH is 1. The second kappa shape index (κ2) is 5.31. The molecule has 2 aliphatic carbocycles. The Balaban J connectivity index is 1.81. The Bertz CT molecular complexity index is 183. The molecule has 2 fully saturated rings. The van der Waals surface area contributed by atoms with Crippen molar-refractivity contribution in [3.8, 4) is 0 Å². The molecule has 1 unspecified atom stereocenters. The lowest BCUT2D eigenvalue weighted by atomic mass is 9.82. The Morgan fingerprint density at radius 2 is 1.67 bits per heavy atom. The van der Waals surface area contributed by atoms with E-state index in [1.54, 1.807) is 0 Å². The first-order chi connectivity index (χ1) is 7.27. The number of hydrogen-bond acceptors (Lipinski definition) is 2. The van der Waals surface area contributed by atoms with E-state index in [2.05, 4.69) is 5.32 Å². The Labute approximate surface area is 93.5 Å². The molecule has 15 heavy (non-hydrogen) atoms. The predicted octanol–water partition coefficient (Wildman–Crippen LogP) is 2.32. The zero-order chi connectivity index (χ0) is 10.7. The van der Waals surface area contributed by atoms with Crippen LogP contribution in [0.3, 0.4) is 0 Å². The molecule has 88 valence electrons. The highest BCUT2D eigenvalue weighted by atomic mass is 16.3. The smallest absolute Gasteiger partial charge is 0.0636 e. The van der Waals surface area contributed by atoms with Crippen molar-refractivity contribution in [3.05, 3.63) is 0 Å². The maximum Gasteiger partial charge on any atom is 0.0636 e. The van der Waals surface area contributed by atoms with Crippen LogP contribution >= 0.6 is 0 Å². The number of aliphatic hydroxyl groups is 1. The van der Waals surface area contributed by atoms with Crippen LogP contribution in [0.2, 0.25) is 0 Å². The maximum atomic E-state index is 9.34. The van der Waals surface area contributed by atoms with E-state index < -0.39 is 0 Å². The lowest BCUT2D eigenvalue weighted by Crippen LogP contribution is -2.42. The van der Waals surface area contributed by atoms with E-state index in [1.807, 2.05) is 6.92 Å². The summed E-state index contributed by atoms with van der Waals surface area (Å²) in [6, 6.07) is 0.708. The largest absolute Gasteiger partial charge is 0.392 e. The van der Waals surface area contributed by atoms with Gasteiger partial charge in [0.05, 0.1) is 6.10 Å². The van der Waals surface area contributed by atoms with Gasteiger partial charge in [-0.15, -0.1) is 0 Å². The summed E-state index contributed by atoms with van der Waals surface area (Å²) in [4.78, 5) is 0. The molecule has 0 aliphatic heterocycles. The summed E-state index contributed by atoms with van der Waals surface area (Å²) in [6.07, 6.45) is 9.72. The molecule has 2 N–H and O–H groups in total. The summed E-state index contributed by atoms with van der Waals surface area (Å²) >= 11 is 0. The first kappa shape index (κ1) is 11.4. The van der Waals surface area contributed by atoms with Gasteiger partial charge in [-0.05, 0) is 44.4 Å². The first-order valence-electron chi connectivity index (χ1n) is 6.69. The van der Waals surface area contributed by atoms with Crippen LogP contribution < -0.4 is 5.32 Å². The monoisotopic (exact) mass is 211 g/mol. The van der Waals surface area contributed by atoms with Crippen LogP contribution in [0.4, 0.5) is 0 Å². The van der Waals surface area contributed by atoms with Gasteiger partial charge in [-0.1, -0.05) is 19.3 Å². The number of rotatable bonds is 5. The summed E-state index contributed by atoms with van der Waals surface area (Å²) in [5, 5.41) is 12.9. The molecule has 0 saturated heterocycles. The molecule has 2 atom stereocenters. The molecular formula is C13H25NO.